The van der Waals surface area contributed by atoms with Gasteiger partial charge < -0.3 is 0 Å². The van der Waals surface area contributed by atoms with Gasteiger partial charge in [0.15, 0.2) is 11.5 Å². The molecule has 0 aliphatic carbocycles. The summed E-state index contributed by atoms with van der Waals surface area (Å²) in [5, 5.41) is 11.2. The van der Waals surface area contributed by atoms with Crippen molar-refractivity contribution in [3.05, 3.63) is 46.9 Å². The summed E-state index contributed by atoms with van der Waals surface area (Å²) in [6.07, 6.45) is 0. The average Bonchev–Trinajstić information content (AvgIpc) is 2.99. The van der Waals surface area contributed by atoms with E-state index in [0.717, 1.165) is 11.3 Å². The molecule has 3 rings (SSSR count). The lowest BCUT2D eigenvalue weighted by molar-refractivity contribution is 0.554. The Morgan fingerprint density at radius 3 is 2.65 bits per heavy atom. The van der Waals surface area contributed by atoms with E-state index in [1.165, 1.54) is 0 Å². The van der Waals surface area contributed by atoms with Gasteiger partial charge in [0.25, 0.3) is 0 Å². The highest BCUT2D eigenvalue weighted by Gasteiger charge is 2.23. The first-order valence-electron chi connectivity index (χ1n) is 7.28. The Morgan fingerprint density at radius 2 is 1.91 bits per heavy atom. The van der Waals surface area contributed by atoms with Crippen LogP contribution in [0.1, 0.15) is 35.6 Å². The highest BCUT2D eigenvalue weighted by Crippen LogP contribution is 2.20. The van der Waals surface area contributed by atoms with E-state index in [0.29, 0.717) is 17.0 Å². The van der Waals surface area contributed by atoms with Gasteiger partial charge in [-0.15, -0.1) is 10.2 Å². The molecule has 8 heteroatoms. The number of rotatable bonds is 4. The van der Waals surface area contributed by atoms with E-state index >= 15 is 0 Å². The molecule has 0 saturated heterocycles. The minimum atomic E-state index is -3.65. The normalized spacial score (nSPS) is 13.6. The van der Waals surface area contributed by atoms with Crippen LogP contribution in [0.4, 0.5) is 0 Å². The molecule has 3 aromatic rings. The Bertz CT molecular complexity index is 971. The third-order valence-corrected chi connectivity index (χ3v) is 5.38. The zero-order valence-corrected chi connectivity index (χ0v) is 14.3. The van der Waals surface area contributed by atoms with Gasteiger partial charge in [-0.25, -0.2) is 17.7 Å². The van der Waals surface area contributed by atoms with Gasteiger partial charge >= 0.3 is 0 Å². The van der Waals surface area contributed by atoms with Crippen molar-refractivity contribution >= 4 is 15.7 Å². The molecule has 1 unspecified atom stereocenters. The number of aryl methyl sites for hydroxylation is 3. The molecule has 0 spiro atoms. The van der Waals surface area contributed by atoms with Crippen LogP contribution in [-0.2, 0) is 10.0 Å². The molecule has 0 saturated carbocycles. The smallest absolute Gasteiger partial charge is 0.241 e. The molecule has 23 heavy (non-hydrogen) atoms. The number of aromatic amines is 1. The van der Waals surface area contributed by atoms with E-state index in [1.807, 2.05) is 26.0 Å². The van der Waals surface area contributed by atoms with Crippen LogP contribution in [0.3, 0.4) is 0 Å². The van der Waals surface area contributed by atoms with Crippen LogP contribution in [0.15, 0.2) is 29.2 Å². The molecule has 2 heterocycles. The molecule has 1 aromatic carbocycles. The lowest BCUT2D eigenvalue weighted by Crippen LogP contribution is -2.29. The molecular formula is C15H19N5O2S. The average molecular weight is 333 g/mol. The van der Waals surface area contributed by atoms with Crippen molar-refractivity contribution in [3.63, 3.8) is 0 Å². The van der Waals surface area contributed by atoms with Crippen LogP contribution in [0.5, 0.6) is 0 Å². The van der Waals surface area contributed by atoms with Crippen molar-refractivity contribution in [2.24, 2.45) is 0 Å². The third kappa shape index (κ3) is 2.87. The molecule has 0 aliphatic rings. The van der Waals surface area contributed by atoms with Crippen LogP contribution in [0.2, 0.25) is 0 Å². The highest BCUT2D eigenvalue weighted by molar-refractivity contribution is 7.89. The van der Waals surface area contributed by atoms with Crippen molar-refractivity contribution in [3.8, 4) is 0 Å². The molecule has 1 atom stereocenters. The van der Waals surface area contributed by atoms with Gasteiger partial charge in [-0.3, -0.25) is 5.10 Å². The molecule has 122 valence electrons. The number of nitrogens with zero attached hydrogens (tertiary/aromatic N) is 3. The van der Waals surface area contributed by atoms with Gasteiger partial charge in [-0.1, -0.05) is 12.1 Å². The first-order chi connectivity index (χ1) is 10.8. The SMILES string of the molecule is Cc1ccc(C)c(S(=O)(=O)NC(C)c2nnc3cc(C)[nH]n23)c1. The molecule has 0 radical (unpaired) electrons. The summed E-state index contributed by atoms with van der Waals surface area (Å²) in [4.78, 5) is 0.285. The molecular weight excluding hydrogens is 314 g/mol. The fourth-order valence-corrected chi connectivity index (χ4v) is 4.08. The van der Waals surface area contributed by atoms with E-state index in [4.69, 9.17) is 0 Å². The summed E-state index contributed by atoms with van der Waals surface area (Å²) in [5.41, 5.74) is 3.20. The number of aromatic nitrogens is 4. The lowest BCUT2D eigenvalue weighted by Gasteiger charge is -2.14. The van der Waals surface area contributed by atoms with E-state index in [9.17, 15) is 8.42 Å². The standard InChI is InChI=1S/C15H19N5O2S/c1-9-5-6-10(2)13(7-9)23(21,22)19-12(4)15-17-16-14-8-11(3)18-20(14)15/h5-8,12,18-19H,1-4H3. The summed E-state index contributed by atoms with van der Waals surface area (Å²) in [6, 6.07) is 6.69. The van der Waals surface area contributed by atoms with E-state index in [-0.39, 0.29) is 4.90 Å². The van der Waals surface area contributed by atoms with Crippen molar-refractivity contribution in [2.75, 3.05) is 0 Å². The summed E-state index contributed by atoms with van der Waals surface area (Å²) < 4.78 is 29.7. The van der Waals surface area contributed by atoms with Crippen molar-refractivity contribution in [1.29, 1.82) is 0 Å². The maximum atomic E-state index is 12.7. The Balaban J connectivity index is 1.95. The third-order valence-electron chi connectivity index (χ3n) is 3.70. The van der Waals surface area contributed by atoms with Crippen LogP contribution >= 0.6 is 0 Å². The minimum absolute atomic E-state index is 0.285. The number of fused-ring (bicyclic) bond motifs is 1. The Hall–Kier alpha value is -2.19. The van der Waals surface area contributed by atoms with Gasteiger partial charge in [-0.2, -0.15) is 0 Å². The second-order valence-electron chi connectivity index (χ2n) is 5.80. The van der Waals surface area contributed by atoms with Crippen LogP contribution in [0, 0.1) is 20.8 Å². The second-order valence-corrected chi connectivity index (χ2v) is 7.49. The van der Waals surface area contributed by atoms with Gasteiger partial charge in [0.1, 0.15) is 0 Å². The predicted octanol–water partition coefficient (Wildman–Crippen LogP) is 2.02. The Labute approximate surface area is 134 Å². The molecule has 0 aliphatic heterocycles. The van der Waals surface area contributed by atoms with Crippen molar-refractivity contribution < 1.29 is 8.42 Å². The number of sulfonamides is 1. The maximum absolute atomic E-state index is 12.7. The topological polar surface area (TPSA) is 92.2 Å². The van der Waals surface area contributed by atoms with Crippen molar-refractivity contribution in [2.45, 2.75) is 38.6 Å². The highest BCUT2D eigenvalue weighted by atomic mass is 32.2. The summed E-state index contributed by atoms with van der Waals surface area (Å²) >= 11 is 0. The van der Waals surface area contributed by atoms with Crippen molar-refractivity contribution in [1.82, 2.24) is 24.5 Å². The van der Waals surface area contributed by atoms with Gasteiger partial charge in [-0.05, 0) is 44.9 Å². The maximum Gasteiger partial charge on any atom is 0.241 e. The van der Waals surface area contributed by atoms with Gasteiger partial charge in [0.05, 0.1) is 10.9 Å². The molecule has 2 N–H and O–H groups in total. The predicted molar refractivity (Wildman–Crippen MR) is 86.7 cm³/mol. The number of H-pyrrole nitrogens is 1. The quantitative estimate of drug-likeness (QED) is 0.764. The fraction of sp³-hybridized carbons (Fsp3) is 0.333. The first-order valence-corrected chi connectivity index (χ1v) is 8.76. The fourth-order valence-electron chi connectivity index (χ4n) is 2.55. The van der Waals surface area contributed by atoms with Crippen LogP contribution in [0.25, 0.3) is 5.65 Å². The molecule has 7 nitrogen and oxygen atoms in total. The number of nitrogens with one attached hydrogen (secondary N) is 2. The number of hydrogen-bond donors (Lipinski definition) is 2. The molecule has 2 aromatic heterocycles. The van der Waals surface area contributed by atoms with E-state index in [2.05, 4.69) is 20.0 Å². The molecule has 0 fully saturated rings. The summed E-state index contributed by atoms with van der Waals surface area (Å²) in [5.74, 6) is 0.516. The summed E-state index contributed by atoms with van der Waals surface area (Å²) in [7, 11) is -3.65. The van der Waals surface area contributed by atoms with E-state index in [1.54, 1.807) is 30.5 Å². The minimum Gasteiger partial charge on any atom is -0.295 e. The number of hydrogen-bond acceptors (Lipinski definition) is 4. The van der Waals surface area contributed by atoms with E-state index < -0.39 is 16.1 Å². The van der Waals surface area contributed by atoms with Gasteiger partial charge in [0.2, 0.25) is 10.0 Å². The monoisotopic (exact) mass is 333 g/mol. The largest absolute Gasteiger partial charge is 0.295 e. The Kier molecular flexibility index (Phi) is 3.73. The zero-order valence-electron chi connectivity index (χ0n) is 13.5. The van der Waals surface area contributed by atoms with Crippen LogP contribution < -0.4 is 4.72 Å². The van der Waals surface area contributed by atoms with Crippen LogP contribution in [-0.4, -0.2) is 28.2 Å². The molecule has 0 amide bonds. The van der Waals surface area contributed by atoms with Gasteiger partial charge in [0, 0.05) is 11.8 Å². The molecule has 0 bridgehead atoms. The second kappa shape index (κ2) is 5.47. The lowest BCUT2D eigenvalue weighted by atomic mass is 10.2. The summed E-state index contributed by atoms with van der Waals surface area (Å²) in [6.45, 7) is 7.30. The number of benzene rings is 1. The first kappa shape index (κ1) is 15.7. The Morgan fingerprint density at radius 1 is 1.17 bits per heavy atom. The zero-order chi connectivity index (χ0) is 16.8.